The van der Waals surface area contributed by atoms with Crippen LogP contribution in [0.3, 0.4) is 0 Å². The van der Waals surface area contributed by atoms with E-state index in [9.17, 15) is 14.4 Å². The zero-order valence-corrected chi connectivity index (χ0v) is 15.5. The van der Waals surface area contributed by atoms with Crippen molar-refractivity contribution in [1.82, 2.24) is 20.8 Å². The third-order valence-electron chi connectivity index (χ3n) is 3.80. The summed E-state index contributed by atoms with van der Waals surface area (Å²) in [5.74, 6) is -0.646. The molecule has 1 aliphatic rings. The Hall–Kier alpha value is -2.46. The van der Waals surface area contributed by atoms with Crippen LogP contribution in [-0.4, -0.2) is 34.1 Å². The SMILES string of the molecule is CC1NC(=O)NC(=O)C1CC(=O)Nc1nnc(SCc2ccccc2)s1. The van der Waals surface area contributed by atoms with Crippen molar-refractivity contribution >= 4 is 46.1 Å². The zero-order chi connectivity index (χ0) is 18.5. The van der Waals surface area contributed by atoms with Crippen molar-refractivity contribution in [2.24, 2.45) is 5.92 Å². The molecule has 0 radical (unpaired) electrons. The molecule has 3 rings (SSSR count). The first kappa shape index (κ1) is 18.3. The average Bonchev–Trinajstić information content (AvgIpc) is 3.04. The maximum Gasteiger partial charge on any atom is 0.321 e. The van der Waals surface area contributed by atoms with Crippen LogP contribution in [0.2, 0.25) is 0 Å². The van der Waals surface area contributed by atoms with E-state index in [4.69, 9.17) is 0 Å². The largest absolute Gasteiger partial charge is 0.335 e. The maximum atomic E-state index is 12.2. The maximum absolute atomic E-state index is 12.2. The lowest BCUT2D eigenvalue weighted by atomic mass is 9.94. The van der Waals surface area contributed by atoms with Gasteiger partial charge in [0.1, 0.15) is 0 Å². The van der Waals surface area contributed by atoms with Gasteiger partial charge in [-0.3, -0.25) is 14.9 Å². The minimum atomic E-state index is -0.618. The smallest absolute Gasteiger partial charge is 0.321 e. The third-order valence-corrected chi connectivity index (χ3v) is 5.84. The van der Waals surface area contributed by atoms with E-state index in [1.54, 1.807) is 18.7 Å². The van der Waals surface area contributed by atoms with Crippen LogP contribution in [0.1, 0.15) is 18.9 Å². The number of carbonyl (C=O) groups excluding carboxylic acids is 3. The Bertz CT molecular complexity index is 811. The number of anilines is 1. The van der Waals surface area contributed by atoms with E-state index in [-0.39, 0.29) is 12.3 Å². The monoisotopic (exact) mass is 391 g/mol. The number of nitrogens with one attached hydrogen (secondary N) is 3. The first-order valence-corrected chi connectivity index (χ1v) is 9.73. The van der Waals surface area contributed by atoms with Gasteiger partial charge in [0.2, 0.25) is 16.9 Å². The lowest BCUT2D eigenvalue weighted by Crippen LogP contribution is -2.57. The van der Waals surface area contributed by atoms with Crippen LogP contribution in [0.5, 0.6) is 0 Å². The molecule has 1 aliphatic heterocycles. The molecule has 0 bridgehead atoms. The average molecular weight is 391 g/mol. The predicted molar refractivity (Wildman–Crippen MR) is 98.8 cm³/mol. The summed E-state index contributed by atoms with van der Waals surface area (Å²) in [5, 5.41) is 15.8. The van der Waals surface area contributed by atoms with Crippen LogP contribution in [0, 0.1) is 5.92 Å². The second-order valence-corrected chi connectivity index (χ2v) is 7.96. The summed E-state index contributed by atoms with van der Waals surface area (Å²) in [7, 11) is 0. The second kappa shape index (κ2) is 8.28. The highest BCUT2D eigenvalue weighted by Gasteiger charge is 2.34. The quantitative estimate of drug-likeness (QED) is 0.513. The Morgan fingerprint density at radius 2 is 2.04 bits per heavy atom. The van der Waals surface area contributed by atoms with Gasteiger partial charge < -0.3 is 10.6 Å². The van der Waals surface area contributed by atoms with Gasteiger partial charge in [-0.15, -0.1) is 10.2 Å². The van der Waals surface area contributed by atoms with Crippen molar-refractivity contribution in [3.63, 3.8) is 0 Å². The Morgan fingerprint density at radius 3 is 2.77 bits per heavy atom. The van der Waals surface area contributed by atoms with Crippen molar-refractivity contribution in [2.45, 2.75) is 29.5 Å². The predicted octanol–water partition coefficient (Wildman–Crippen LogP) is 2.00. The fourth-order valence-electron chi connectivity index (χ4n) is 2.45. The van der Waals surface area contributed by atoms with Gasteiger partial charge in [-0.1, -0.05) is 53.4 Å². The summed E-state index contributed by atoms with van der Waals surface area (Å²) in [4.78, 5) is 35.2. The van der Waals surface area contributed by atoms with Gasteiger partial charge in [0.25, 0.3) is 0 Å². The van der Waals surface area contributed by atoms with Crippen molar-refractivity contribution in [3.05, 3.63) is 35.9 Å². The van der Waals surface area contributed by atoms with Crippen LogP contribution in [0.15, 0.2) is 34.7 Å². The van der Waals surface area contributed by atoms with Crippen molar-refractivity contribution in [1.29, 1.82) is 0 Å². The molecule has 0 aliphatic carbocycles. The fraction of sp³-hybridized carbons (Fsp3) is 0.312. The highest BCUT2D eigenvalue weighted by Crippen LogP contribution is 2.28. The molecule has 8 nitrogen and oxygen atoms in total. The van der Waals surface area contributed by atoms with E-state index < -0.39 is 23.9 Å². The molecule has 2 unspecified atom stereocenters. The Balaban J connectivity index is 1.51. The first-order valence-electron chi connectivity index (χ1n) is 7.92. The molecule has 26 heavy (non-hydrogen) atoms. The summed E-state index contributed by atoms with van der Waals surface area (Å²) < 4.78 is 0.750. The number of thioether (sulfide) groups is 1. The Kier molecular flexibility index (Phi) is 5.84. The number of aromatic nitrogens is 2. The molecule has 1 fully saturated rings. The molecule has 1 aromatic heterocycles. The minimum Gasteiger partial charge on any atom is -0.335 e. The van der Waals surface area contributed by atoms with Crippen molar-refractivity contribution in [3.8, 4) is 0 Å². The number of nitrogens with zero attached hydrogens (tertiary/aromatic N) is 2. The molecule has 1 aromatic carbocycles. The number of hydrogen-bond acceptors (Lipinski definition) is 7. The van der Waals surface area contributed by atoms with Gasteiger partial charge in [-0.05, 0) is 12.5 Å². The summed E-state index contributed by atoms with van der Waals surface area (Å²) in [5.41, 5.74) is 1.18. The van der Waals surface area contributed by atoms with Crippen LogP contribution in [0.25, 0.3) is 0 Å². The number of imide groups is 1. The van der Waals surface area contributed by atoms with Crippen LogP contribution in [0.4, 0.5) is 9.93 Å². The molecule has 2 aromatic rings. The molecule has 136 valence electrons. The molecule has 10 heteroatoms. The zero-order valence-electron chi connectivity index (χ0n) is 13.9. The van der Waals surface area contributed by atoms with Gasteiger partial charge >= 0.3 is 6.03 Å². The molecule has 2 atom stereocenters. The Labute approximate surface area is 158 Å². The van der Waals surface area contributed by atoms with E-state index in [0.717, 1.165) is 10.1 Å². The molecule has 0 spiro atoms. The van der Waals surface area contributed by atoms with Gasteiger partial charge in [-0.2, -0.15) is 0 Å². The summed E-state index contributed by atoms with van der Waals surface area (Å²) >= 11 is 2.82. The molecular formula is C16H17N5O3S2. The van der Waals surface area contributed by atoms with Crippen LogP contribution in [-0.2, 0) is 15.3 Å². The summed E-state index contributed by atoms with van der Waals surface area (Å²) in [6, 6.07) is 9.04. The normalized spacial score (nSPS) is 19.6. The first-order chi connectivity index (χ1) is 12.5. The summed E-state index contributed by atoms with van der Waals surface area (Å²) in [6.07, 6.45) is -0.0423. The number of urea groups is 1. The highest BCUT2D eigenvalue weighted by atomic mass is 32.2. The third kappa shape index (κ3) is 4.79. The van der Waals surface area contributed by atoms with E-state index >= 15 is 0 Å². The van der Waals surface area contributed by atoms with Crippen LogP contribution >= 0.6 is 23.1 Å². The van der Waals surface area contributed by atoms with Crippen molar-refractivity contribution < 1.29 is 14.4 Å². The van der Waals surface area contributed by atoms with Gasteiger partial charge in [0.15, 0.2) is 4.34 Å². The standard InChI is InChI=1S/C16H17N5O3S2/c1-9-11(13(23)19-14(24)17-9)7-12(22)18-15-20-21-16(26-15)25-8-10-5-3-2-4-6-10/h2-6,9,11H,7-8H2,1H3,(H,18,20,22)(H2,17,19,23,24). The van der Waals surface area contributed by atoms with Crippen LogP contribution < -0.4 is 16.0 Å². The highest BCUT2D eigenvalue weighted by molar-refractivity contribution is 8.00. The molecular weight excluding hydrogens is 374 g/mol. The van der Waals surface area contributed by atoms with E-state index in [1.807, 2.05) is 30.3 Å². The Morgan fingerprint density at radius 1 is 1.27 bits per heavy atom. The van der Waals surface area contributed by atoms with Gasteiger partial charge in [0.05, 0.1) is 5.92 Å². The molecule has 0 saturated carbocycles. The number of rotatable bonds is 6. The van der Waals surface area contributed by atoms with E-state index in [0.29, 0.717) is 5.13 Å². The number of carbonyl (C=O) groups is 3. The number of benzene rings is 1. The topological polar surface area (TPSA) is 113 Å². The van der Waals surface area contributed by atoms with Gasteiger partial charge in [0, 0.05) is 18.2 Å². The minimum absolute atomic E-state index is 0.0423. The lowest BCUT2D eigenvalue weighted by Gasteiger charge is -2.28. The summed E-state index contributed by atoms with van der Waals surface area (Å²) in [6.45, 7) is 1.69. The van der Waals surface area contributed by atoms with Crippen molar-refractivity contribution in [2.75, 3.05) is 5.32 Å². The van der Waals surface area contributed by atoms with E-state index in [2.05, 4.69) is 26.1 Å². The molecule has 1 saturated heterocycles. The molecule has 4 amide bonds. The molecule has 2 heterocycles. The lowest BCUT2D eigenvalue weighted by molar-refractivity contribution is -0.129. The number of hydrogen-bond donors (Lipinski definition) is 3. The second-order valence-electron chi connectivity index (χ2n) is 5.76. The van der Waals surface area contributed by atoms with E-state index in [1.165, 1.54) is 16.9 Å². The fourth-order valence-corrected chi connectivity index (χ4v) is 4.18. The molecule has 3 N–H and O–H groups in total. The van der Waals surface area contributed by atoms with Gasteiger partial charge in [-0.25, -0.2) is 4.79 Å². The number of amides is 4.